The Morgan fingerprint density at radius 1 is 1.35 bits per heavy atom. The first-order valence-electron chi connectivity index (χ1n) is 7.11. The van der Waals surface area contributed by atoms with Gasteiger partial charge in [0.15, 0.2) is 0 Å². The second-order valence-corrected chi connectivity index (χ2v) is 5.53. The van der Waals surface area contributed by atoms with Crippen LogP contribution in [0.5, 0.6) is 0 Å². The summed E-state index contributed by atoms with van der Waals surface area (Å²) in [5.41, 5.74) is 7.86. The van der Waals surface area contributed by atoms with Crippen LogP contribution in [-0.4, -0.2) is 19.6 Å². The molecule has 0 spiro atoms. The van der Waals surface area contributed by atoms with E-state index in [-0.39, 0.29) is 11.8 Å². The molecule has 0 aliphatic heterocycles. The van der Waals surface area contributed by atoms with Crippen LogP contribution in [0.3, 0.4) is 0 Å². The van der Waals surface area contributed by atoms with Crippen molar-refractivity contribution >= 4 is 5.91 Å². The number of carbonyl (C=O) groups excluding carboxylic acids is 1. The highest BCUT2D eigenvalue weighted by molar-refractivity contribution is 5.78. The van der Waals surface area contributed by atoms with Crippen molar-refractivity contribution in [2.45, 2.75) is 33.4 Å². The molecule has 20 heavy (non-hydrogen) atoms. The number of methoxy groups -OCH3 is 1. The molecule has 0 aromatic heterocycles. The van der Waals surface area contributed by atoms with E-state index in [0.29, 0.717) is 25.6 Å². The molecule has 1 unspecified atom stereocenters. The third-order valence-electron chi connectivity index (χ3n) is 3.18. The van der Waals surface area contributed by atoms with Gasteiger partial charge in [-0.25, -0.2) is 0 Å². The van der Waals surface area contributed by atoms with Crippen LogP contribution in [0, 0.1) is 11.8 Å². The average molecular weight is 278 g/mol. The van der Waals surface area contributed by atoms with E-state index in [2.05, 4.69) is 19.2 Å². The fourth-order valence-electron chi connectivity index (χ4n) is 2.21. The van der Waals surface area contributed by atoms with Crippen LogP contribution in [0.1, 0.15) is 31.4 Å². The van der Waals surface area contributed by atoms with Crippen LogP contribution in [0.4, 0.5) is 0 Å². The number of nitrogens with two attached hydrogens (primary N) is 1. The second kappa shape index (κ2) is 8.72. The van der Waals surface area contributed by atoms with Gasteiger partial charge in [-0.3, -0.25) is 4.79 Å². The maximum Gasteiger partial charge on any atom is 0.224 e. The van der Waals surface area contributed by atoms with Gasteiger partial charge >= 0.3 is 0 Å². The highest BCUT2D eigenvalue weighted by Gasteiger charge is 2.17. The van der Waals surface area contributed by atoms with Crippen molar-refractivity contribution in [1.82, 2.24) is 5.32 Å². The maximum absolute atomic E-state index is 12.1. The first-order valence-corrected chi connectivity index (χ1v) is 7.11. The van der Waals surface area contributed by atoms with Crippen LogP contribution in [0.25, 0.3) is 0 Å². The van der Waals surface area contributed by atoms with Crippen LogP contribution >= 0.6 is 0 Å². The third kappa shape index (κ3) is 5.72. The summed E-state index contributed by atoms with van der Waals surface area (Å²) in [5, 5.41) is 2.96. The zero-order valence-electron chi connectivity index (χ0n) is 12.7. The van der Waals surface area contributed by atoms with Crippen molar-refractivity contribution in [1.29, 1.82) is 0 Å². The lowest BCUT2D eigenvalue weighted by Crippen LogP contribution is -2.35. The fourth-order valence-corrected chi connectivity index (χ4v) is 2.21. The van der Waals surface area contributed by atoms with Gasteiger partial charge in [-0.2, -0.15) is 0 Å². The van der Waals surface area contributed by atoms with Crippen LogP contribution in [0.15, 0.2) is 24.3 Å². The molecule has 4 nitrogen and oxygen atoms in total. The number of hydrogen-bond donors (Lipinski definition) is 2. The number of ether oxygens (including phenoxy) is 1. The molecular formula is C16H26N2O2. The second-order valence-electron chi connectivity index (χ2n) is 5.53. The maximum atomic E-state index is 12.1. The summed E-state index contributed by atoms with van der Waals surface area (Å²) in [4.78, 5) is 12.1. The van der Waals surface area contributed by atoms with Gasteiger partial charge in [0.25, 0.3) is 0 Å². The first-order chi connectivity index (χ1) is 9.56. The van der Waals surface area contributed by atoms with Crippen molar-refractivity contribution in [3.63, 3.8) is 0 Å². The molecule has 0 fully saturated rings. The summed E-state index contributed by atoms with van der Waals surface area (Å²) < 4.78 is 5.10. The predicted molar refractivity (Wildman–Crippen MR) is 81.0 cm³/mol. The van der Waals surface area contributed by atoms with Crippen molar-refractivity contribution in [2.24, 2.45) is 17.6 Å². The van der Waals surface area contributed by atoms with Gasteiger partial charge in [0.2, 0.25) is 5.91 Å². The van der Waals surface area contributed by atoms with Gasteiger partial charge < -0.3 is 15.8 Å². The van der Waals surface area contributed by atoms with E-state index in [1.54, 1.807) is 7.11 Å². The molecule has 0 heterocycles. The summed E-state index contributed by atoms with van der Waals surface area (Å²) in [7, 11) is 1.67. The number of amides is 1. The molecule has 3 N–H and O–H groups in total. The Bertz CT molecular complexity index is 419. The van der Waals surface area contributed by atoms with E-state index >= 15 is 0 Å². The minimum Gasteiger partial charge on any atom is -0.380 e. The molecule has 0 aliphatic rings. The standard InChI is InChI=1S/C16H26N2O2/c1-12(2)7-15(9-17)16(19)18-10-13-5-4-6-14(8-13)11-20-3/h4-6,8,12,15H,7,9-11,17H2,1-3H3,(H,18,19). The molecular weight excluding hydrogens is 252 g/mol. The largest absolute Gasteiger partial charge is 0.380 e. The fraction of sp³-hybridized carbons (Fsp3) is 0.562. The number of benzene rings is 1. The molecule has 1 aromatic rings. The van der Waals surface area contributed by atoms with Crippen molar-refractivity contribution in [3.8, 4) is 0 Å². The molecule has 1 aromatic carbocycles. The Balaban J connectivity index is 2.53. The summed E-state index contributed by atoms with van der Waals surface area (Å²) >= 11 is 0. The van der Waals surface area contributed by atoms with E-state index in [0.717, 1.165) is 17.5 Å². The highest BCUT2D eigenvalue weighted by atomic mass is 16.5. The molecule has 112 valence electrons. The molecule has 1 atom stereocenters. The minimum absolute atomic E-state index is 0.0401. The first kappa shape index (κ1) is 16.7. The average Bonchev–Trinajstić information content (AvgIpc) is 2.43. The van der Waals surface area contributed by atoms with Gasteiger partial charge in [0.1, 0.15) is 0 Å². The van der Waals surface area contributed by atoms with Crippen LogP contribution < -0.4 is 11.1 Å². The van der Waals surface area contributed by atoms with E-state index < -0.39 is 0 Å². The van der Waals surface area contributed by atoms with E-state index in [1.807, 2.05) is 24.3 Å². The number of nitrogens with one attached hydrogen (secondary N) is 1. The minimum atomic E-state index is -0.0999. The Morgan fingerprint density at radius 3 is 2.65 bits per heavy atom. The molecule has 0 bridgehead atoms. The summed E-state index contributed by atoms with van der Waals surface area (Å²) in [6, 6.07) is 8.03. The lowest BCUT2D eigenvalue weighted by atomic mass is 9.96. The molecule has 0 radical (unpaired) electrons. The molecule has 0 saturated carbocycles. The lowest BCUT2D eigenvalue weighted by Gasteiger charge is -2.17. The number of carbonyl (C=O) groups is 1. The van der Waals surface area contributed by atoms with Crippen molar-refractivity contribution < 1.29 is 9.53 Å². The molecule has 1 rings (SSSR count). The summed E-state index contributed by atoms with van der Waals surface area (Å²) in [6.07, 6.45) is 0.825. The Labute approximate surface area is 121 Å². The highest BCUT2D eigenvalue weighted by Crippen LogP contribution is 2.11. The zero-order valence-corrected chi connectivity index (χ0v) is 12.7. The topological polar surface area (TPSA) is 64.3 Å². The number of hydrogen-bond acceptors (Lipinski definition) is 3. The predicted octanol–water partition coefficient (Wildman–Crippen LogP) is 2.07. The van der Waals surface area contributed by atoms with Crippen molar-refractivity contribution in [3.05, 3.63) is 35.4 Å². The molecule has 0 aliphatic carbocycles. The summed E-state index contributed by atoms with van der Waals surface area (Å²) in [6.45, 7) is 5.72. The summed E-state index contributed by atoms with van der Waals surface area (Å²) in [5.74, 6) is 0.412. The molecule has 0 saturated heterocycles. The normalized spacial score (nSPS) is 12.4. The Hall–Kier alpha value is -1.39. The van der Waals surface area contributed by atoms with Gasteiger partial charge in [-0.15, -0.1) is 0 Å². The SMILES string of the molecule is COCc1cccc(CNC(=O)C(CN)CC(C)C)c1. The van der Waals surface area contributed by atoms with Gasteiger partial charge in [0, 0.05) is 20.2 Å². The van der Waals surface area contributed by atoms with Gasteiger partial charge in [0.05, 0.1) is 12.5 Å². The van der Waals surface area contributed by atoms with E-state index in [1.165, 1.54) is 0 Å². The third-order valence-corrected chi connectivity index (χ3v) is 3.18. The number of rotatable bonds is 8. The smallest absolute Gasteiger partial charge is 0.224 e. The van der Waals surface area contributed by atoms with Crippen LogP contribution in [0.2, 0.25) is 0 Å². The molecule has 1 amide bonds. The van der Waals surface area contributed by atoms with Crippen molar-refractivity contribution in [2.75, 3.05) is 13.7 Å². The zero-order chi connectivity index (χ0) is 15.0. The lowest BCUT2D eigenvalue weighted by molar-refractivity contribution is -0.125. The van der Waals surface area contributed by atoms with Gasteiger partial charge in [-0.05, 0) is 23.5 Å². The quantitative estimate of drug-likeness (QED) is 0.765. The Kier molecular flexibility index (Phi) is 7.26. The monoisotopic (exact) mass is 278 g/mol. The Morgan fingerprint density at radius 2 is 2.05 bits per heavy atom. The van der Waals surface area contributed by atoms with Gasteiger partial charge in [-0.1, -0.05) is 38.1 Å². The molecule has 4 heteroatoms. The van der Waals surface area contributed by atoms with E-state index in [9.17, 15) is 4.79 Å². The van der Waals surface area contributed by atoms with Crippen LogP contribution in [-0.2, 0) is 22.7 Å². The van der Waals surface area contributed by atoms with E-state index in [4.69, 9.17) is 10.5 Å².